The summed E-state index contributed by atoms with van der Waals surface area (Å²) in [6.45, 7) is 1.99. The van der Waals surface area contributed by atoms with Crippen LogP contribution in [0, 0.1) is 0 Å². The van der Waals surface area contributed by atoms with E-state index in [9.17, 15) is 0 Å². The third kappa shape index (κ3) is 3.14. The summed E-state index contributed by atoms with van der Waals surface area (Å²) in [6.07, 6.45) is 1.45. The second-order valence-electron chi connectivity index (χ2n) is 3.87. The Morgan fingerprint density at radius 2 is 2.06 bits per heavy atom. The molecule has 0 saturated heterocycles. The number of hydrogen-bond donors (Lipinski definition) is 1. The molecule has 0 spiro atoms. The molecular weight excluding hydrogens is 282 g/mol. The first kappa shape index (κ1) is 12.3. The van der Waals surface area contributed by atoms with Crippen molar-refractivity contribution in [3.8, 4) is 0 Å². The monoisotopic (exact) mass is 295 g/mol. The number of rotatable bonds is 4. The SMILES string of the molecule is CCC(N)c1nc(Cc2ccc(Br)cc2)no1. The van der Waals surface area contributed by atoms with Gasteiger partial charge < -0.3 is 10.3 Å². The Kier molecular flexibility index (Phi) is 3.91. The van der Waals surface area contributed by atoms with Gasteiger partial charge in [-0.15, -0.1) is 0 Å². The van der Waals surface area contributed by atoms with Gasteiger partial charge in [0.25, 0.3) is 0 Å². The van der Waals surface area contributed by atoms with Gasteiger partial charge in [-0.3, -0.25) is 0 Å². The lowest BCUT2D eigenvalue weighted by molar-refractivity contribution is 0.348. The van der Waals surface area contributed by atoms with E-state index in [1.807, 2.05) is 31.2 Å². The van der Waals surface area contributed by atoms with Crippen molar-refractivity contribution >= 4 is 15.9 Å². The van der Waals surface area contributed by atoms with E-state index in [1.165, 1.54) is 0 Å². The summed E-state index contributed by atoms with van der Waals surface area (Å²) in [5.41, 5.74) is 6.96. The van der Waals surface area contributed by atoms with E-state index in [-0.39, 0.29) is 6.04 Å². The molecule has 1 unspecified atom stereocenters. The fourth-order valence-corrected chi connectivity index (χ4v) is 1.71. The molecule has 0 aliphatic rings. The average molecular weight is 296 g/mol. The molecule has 2 aromatic rings. The van der Waals surface area contributed by atoms with E-state index in [0.29, 0.717) is 18.1 Å². The second-order valence-corrected chi connectivity index (χ2v) is 4.78. The lowest BCUT2D eigenvalue weighted by Crippen LogP contribution is -2.08. The summed E-state index contributed by atoms with van der Waals surface area (Å²) in [5.74, 6) is 1.19. The number of benzene rings is 1. The smallest absolute Gasteiger partial charge is 0.243 e. The highest BCUT2D eigenvalue weighted by Crippen LogP contribution is 2.15. The van der Waals surface area contributed by atoms with Crippen molar-refractivity contribution < 1.29 is 4.52 Å². The fraction of sp³-hybridized carbons (Fsp3) is 0.333. The predicted molar refractivity (Wildman–Crippen MR) is 68.5 cm³/mol. The third-order valence-electron chi connectivity index (χ3n) is 2.52. The molecule has 5 heteroatoms. The van der Waals surface area contributed by atoms with Gasteiger partial charge in [0.15, 0.2) is 5.82 Å². The van der Waals surface area contributed by atoms with Gasteiger partial charge in [0.2, 0.25) is 5.89 Å². The van der Waals surface area contributed by atoms with Crippen LogP contribution in [-0.2, 0) is 6.42 Å². The van der Waals surface area contributed by atoms with Crippen molar-refractivity contribution in [3.63, 3.8) is 0 Å². The van der Waals surface area contributed by atoms with Crippen molar-refractivity contribution in [1.29, 1.82) is 0 Å². The van der Waals surface area contributed by atoms with Crippen LogP contribution in [0.4, 0.5) is 0 Å². The van der Waals surface area contributed by atoms with Gasteiger partial charge in [0.1, 0.15) is 0 Å². The average Bonchev–Trinajstić information content (AvgIpc) is 2.80. The van der Waals surface area contributed by atoms with Crippen molar-refractivity contribution in [1.82, 2.24) is 10.1 Å². The number of nitrogens with two attached hydrogens (primary N) is 1. The zero-order valence-electron chi connectivity index (χ0n) is 9.56. The van der Waals surface area contributed by atoms with Crippen LogP contribution in [0.15, 0.2) is 33.3 Å². The Hall–Kier alpha value is -1.20. The van der Waals surface area contributed by atoms with E-state index < -0.39 is 0 Å². The molecule has 90 valence electrons. The quantitative estimate of drug-likeness (QED) is 0.942. The molecule has 2 N–H and O–H groups in total. The Balaban J connectivity index is 2.08. The van der Waals surface area contributed by atoms with Gasteiger partial charge in [-0.2, -0.15) is 4.98 Å². The van der Waals surface area contributed by atoms with Gasteiger partial charge in [-0.1, -0.05) is 40.1 Å². The highest BCUT2D eigenvalue weighted by atomic mass is 79.9. The van der Waals surface area contributed by atoms with Crippen LogP contribution in [0.3, 0.4) is 0 Å². The van der Waals surface area contributed by atoms with Crippen molar-refractivity contribution in [3.05, 3.63) is 46.0 Å². The Labute approximate surface area is 108 Å². The van der Waals surface area contributed by atoms with Crippen LogP contribution in [0.2, 0.25) is 0 Å². The van der Waals surface area contributed by atoms with Crippen LogP contribution < -0.4 is 5.73 Å². The second kappa shape index (κ2) is 5.42. The first-order valence-electron chi connectivity index (χ1n) is 5.51. The maximum atomic E-state index is 5.82. The molecule has 0 saturated carbocycles. The molecule has 1 aromatic heterocycles. The van der Waals surface area contributed by atoms with E-state index in [0.717, 1.165) is 16.5 Å². The van der Waals surface area contributed by atoms with Crippen molar-refractivity contribution in [2.75, 3.05) is 0 Å². The Morgan fingerprint density at radius 1 is 1.35 bits per heavy atom. The minimum absolute atomic E-state index is 0.166. The number of halogens is 1. The molecule has 0 aliphatic carbocycles. The highest BCUT2D eigenvalue weighted by molar-refractivity contribution is 9.10. The summed E-state index contributed by atoms with van der Waals surface area (Å²) in [7, 11) is 0. The Morgan fingerprint density at radius 3 is 2.71 bits per heavy atom. The van der Waals surface area contributed by atoms with Gasteiger partial charge in [-0.05, 0) is 24.1 Å². The van der Waals surface area contributed by atoms with Crippen LogP contribution in [0.1, 0.15) is 36.7 Å². The molecule has 17 heavy (non-hydrogen) atoms. The zero-order valence-corrected chi connectivity index (χ0v) is 11.1. The van der Waals surface area contributed by atoms with Gasteiger partial charge in [0, 0.05) is 10.9 Å². The summed E-state index contributed by atoms with van der Waals surface area (Å²) in [6, 6.07) is 7.88. The van der Waals surface area contributed by atoms with Crippen molar-refractivity contribution in [2.45, 2.75) is 25.8 Å². The van der Waals surface area contributed by atoms with Gasteiger partial charge in [0.05, 0.1) is 6.04 Å². The first-order valence-corrected chi connectivity index (χ1v) is 6.31. The zero-order chi connectivity index (χ0) is 12.3. The molecule has 0 radical (unpaired) electrons. The Bertz CT molecular complexity index is 481. The van der Waals surface area contributed by atoms with Gasteiger partial charge >= 0.3 is 0 Å². The van der Waals surface area contributed by atoms with Crippen LogP contribution in [0.25, 0.3) is 0 Å². The summed E-state index contributed by atoms with van der Waals surface area (Å²) >= 11 is 3.40. The summed E-state index contributed by atoms with van der Waals surface area (Å²) < 4.78 is 6.18. The van der Waals surface area contributed by atoms with Crippen molar-refractivity contribution in [2.24, 2.45) is 5.73 Å². The molecule has 0 amide bonds. The minimum Gasteiger partial charge on any atom is -0.338 e. The molecule has 1 aromatic carbocycles. The highest BCUT2D eigenvalue weighted by Gasteiger charge is 2.12. The number of hydrogen-bond acceptors (Lipinski definition) is 4. The van der Waals surface area contributed by atoms with E-state index in [1.54, 1.807) is 0 Å². The topological polar surface area (TPSA) is 64.9 Å². The van der Waals surface area contributed by atoms with Crippen LogP contribution in [-0.4, -0.2) is 10.1 Å². The maximum absolute atomic E-state index is 5.82. The third-order valence-corrected chi connectivity index (χ3v) is 3.04. The first-order chi connectivity index (χ1) is 8.19. The summed E-state index contributed by atoms with van der Waals surface area (Å²) in [5, 5.41) is 3.93. The van der Waals surface area contributed by atoms with Gasteiger partial charge in [-0.25, -0.2) is 0 Å². The number of aromatic nitrogens is 2. The van der Waals surface area contributed by atoms with E-state index in [2.05, 4.69) is 26.1 Å². The molecule has 0 bridgehead atoms. The standard InChI is InChI=1S/C12H14BrN3O/c1-2-10(14)12-15-11(16-17-12)7-8-3-5-9(13)6-4-8/h3-6,10H,2,7,14H2,1H3. The molecule has 0 fully saturated rings. The largest absolute Gasteiger partial charge is 0.338 e. The molecular formula is C12H14BrN3O. The maximum Gasteiger partial charge on any atom is 0.243 e. The summed E-state index contributed by atoms with van der Waals surface area (Å²) in [4.78, 5) is 4.28. The molecule has 0 aliphatic heterocycles. The fourth-order valence-electron chi connectivity index (χ4n) is 1.45. The normalized spacial score (nSPS) is 12.6. The van der Waals surface area contributed by atoms with E-state index >= 15 is 0 Å². The number of nitrogens with zero attached hydrogens (tertiary/aromatic N) is 2. The van der Waals surface area contributed by atoms with E-state index in [4.69, 9.17) is 10.3 Å². The lowest BCUT2D eigenvalue weighted by atomic mass is 10.1. The molecule has 4 nitrogen and oxygen atoms in total. The molecule has 1 atom stereocenters. The minimum atomic E-state index is -0.166. The molecule has 1 heterocycles. The lowest BCUT2D eigenvalue weighted by Gasteiger charge is -1.99. The molecule has 2 rings (SSSR count). The predicted octanol–water partition coefficient (Wildman–Crippen LogP) is 2.83. The van der Waals surface area contributed by atoms with Crippen LogP contribution >= 0.6 is 15.9 Å². The van der Waals surface area contributed by atoms with Crippen LogP contribution in [0.5, 0.6) is 0 Å².